The van der Waals surface area contributed by atoms with Crippen LogP contribution in [0.3, 0.4) is 0 Å². The molecule has 0 atom stereocenters. The number of carbonyl (C=O) groups is 1. The minimum absolute atomic E-state index is 0.168. The zero-order valence-corrected chi connectivity index (χ0v) is 12.8. The van der Waals surface area contributed by atoms with E-state index in [0.29, 0.717) is 24.7 Å². The molecule has 0 radical (unpaired) electrons. The summed E-state index contributed by atoms with van der Waals surface area (Å²) in [4.78, 5) is 16.0. The standard InChI is InChI=1S/C17H20FN3O/c1-12(2)9-21-17(22)16-8-7-15(11-20-16)19-10-13-3-5-14(18)6-4-13/h3-8,11-12,19H,9-10H2,1-2H3,(H,21,22). The van der Waals surface area contributed by atoms with Crippen molar-refractivity contribution in [2.75, 3.05) is 11.9 Å². The zero-order valence-electron chi connectivity index (χ0n) is 12.8. The molecule has 5 heteroatoms. The van der Waals surface area contributed by atoms with Crippen molar-refractivity contribution in [3.63, 3.8) is 0 Å². The van der Waals surface area contributed by atoms with Gasteiger partial charge in [-0.05, 0) is 35.7 Å². The first-order valence-corrected chi connectivity index (χ1v) is 7.27. The highest BCUT2D eigenvalue weighted by Crippen LogP contribution is 2.09. The maximum absolute atomic E-state index is 12.8. The largest absolute Gasteiger partial charge is 0.380 e. The van der Waals surface area contributed by atoms with Gasteiger partial charge in [-0.2, -0.15) is 0 Å². The van der Waals surface area contributed by atoms with Crippen molar-refractivity contribution in [1.82, 2.24) is 10.3 Å². The van der Waals surface area contributed by atoms with E-state index in [2.05, 4.69) is 15.6 Å². The number of anilines is 1. The van der Waals surface area contributed by atoms with Gasteiger partial charge < -0.3 is 10.6 Å². The van der Waals surface area contributed by atoms with E-state index in [0.717, 1.165) is 11.3 Å². The number of rotatable bonds is 6. The lowest BCUT2D eigenvalue weighted by atomic mass is 10.2. The molecule has 1 aromatic heterocycles. The van der Waals surface area contributed by atoms with Gasteiger partial charge in [0.25, 0.3) is 5.91 Å². The Morgan fingerprint density at radius 1 is 1.18 bits per heavy atom. The average molecular weight is 301 g/mol. The van der Waals surface area contributed by atoms with Gasteiger partial charge in [-0.3, -0.25) is 4.79 Å². The summed E-state index contributed by atoms with van der Waals surface area (Å²) < 4.78 is 12.8. The molecular weight excluding hydrogens is 281 g/mol. The van der Waals surface area contributed by atoms with E-state index in [4.69, 9.17) is 0 Å². The lowest BCUT2D eigenvalue weighted by Gasteiger charge is -2.09. The molecule has 1 amide bonds. The van der Waals surface area contributed by atoms with Crippen molar-refractivity contribution < 1.29 is 9.18 Å². The molecule has 0 bridgehead atoms. The van der Waals surface area contributed by atoms with Crippen LogP contribution in [0.2, 0.25) is 0 Å². The fraction of sp³-hybridized carbons (Fsp3) is 0.294. The highest BCUT2D eigenvalue weighted by Gasteiger charge is 2.07. The predicted octanol–water partition coefficient (Wildman–Crippen LogP) is 3.22. The first-order chi connectivity index (χ1) is 10.5. The topological polar surface area (TPSA) is 54.0 Å². The summed E-state index contributed by atoms with van der Waals surface area (Å²) in [5.74, 6) is -0.0124. The number of pyridine rings is 1. The van der Waals surface area contributed by atoms with Crippen LogP contribution in [0.4, 0.5) is 10.1 Å². The van der Waals surface area contributed by atoms with E-state index in [1.165, 1.54) is 12.1 Å². The molecule has 0 spiro atoms. The number of aromatic nitrogens is 1. The van der Waals surface area contributed by atoms with Gasteiger partial charge in [0.2, 0.25) is 0 Å². The Morgan fingerprint density at radius 3 is 2.50 bits per heavy atom. The highest BCUT2D eigenvalue weighted by molar-refractivity contribution is 5.92. The molecule has 2 N–H and O–H groups in total. The maximum atomic E-state index is 12.8. The zero-order chi connectivity index (χ0) is 15.9. The van der Waals surface area contributed by atoms with Crippen LogP contribution in [0.1, 0.15) is 29.9 Å². The van der Waals surface area contributed by atoms with Crippen LogP contribution in [0.5, 0.6) is 0 Å². The summed E-state index contributed by atoms with van der Waals surface area (Å²) in [6, 6.07) is 9.80. The van der Waals surface area contributed by atoms with Crippen LogP contribution in [0, 0.1) is 11.7 Å². The van der Waals surface area contributed by atoms with Gasteiger partial charge in [0.05, 0.1) is 11.9 Å². The quantitative estimate of drug-likeness (QED) is 0.861. The monoisotopic (exact) mass is 301 g/mol. The Balaban J connectivity index is 1.88. The molecule has 2 aromatic rings. The molecule has 4 nitrogen and oxygen atoms in total. The van der Waals surface area contributed by atoms with Gasteiger partial charge in [-0.1, -0.05) is 26.0 Å². The van der Waals surface area contributed by atoms with E-state index >= 15 is 0 Å². The molecule has 116 valence electrons. The lowest BCUT2D eigenvalue weighted by molar-refractivity contribution is 0.0944. The molecule has 1 aromatic carbocycles. The summed E-state index contributed by atoms with van der Waals surface area (Å²) in [5.41, 5.74) is 2.18. The van der Waals surface area contributed by atoms with Gasteiger partial charge in [0.1, 0.15) is 11.5 Å². The summed E-state index contributed by atoms with van der Waals surface area (Å²) in [7, 11) is 0. The Kier molecular flexibility index (Phi) is 5.47. The molecule has 22 heavy (non-hydrogen) atoms. The molecule has 1 heterocycles. The molecule has 0 fully saturated rings. The highest BCUT2D eigenvalue weighted by atomic mass is 19.1. The van der Waals surface area contributed by atoms with Crippen LogP contribution in [-0.4, -0.2) is 17.4 Å². The maximum Gasteiger partial charge on any atom is 0.269 e. The molecule has 0 unspecified atom stereocenters. The second-order valence-electron chi connectivity index (χ2n) is 5.52. The lowest BCUT2D eigenvalue weighted by Crippen LogP contribution is -2.27. The predicted molar refractivity (Wildman–Crippen MR) is 85.1 cm³/mol. The normalized spacial score (nSPS) is 10.5. The van der Waals surface area contributed by atoms with Crippen molar-refractivity contribution in [1.29, 1.82) is 0 Å². The number of nitrogens with one attached hydrogen (secondary N) is 2. The Hall–Kier alpha value is -2.43. The van der Waals surface area contributed by atoms with E-state index in [9.17, 15) is 9.18 Å². The van der Waals surface area contributed by atoms with Crippen molar-refractivity contribution in [2.24, 2.45) is 5.92 Å². The minimum atomic E-state index is -0.248. The fourth-order valence-electron chi connectivity index (χ4n) is 1.83. The fourth-order valence-corrected chi connectivity index (χ4v) is 1.83. The second kappa shape index (κ2) is 7.54. The third-order valence-electron chi connectivity index (χ3n) is 3.08. The van der Waals surface area contributed by atoms with Gasteiger partial charge >= 0.3 is 0 Å². The second-order valence-corrected chi connectivity index (χ2v) is 5.52. The number of amides is 1. The van der Waals surface area contributed by atoms with Crippen LogP contribution in [0.25, 0.3) is 0 Å². The van der Waals surface area contributed by atoms with Crippen LogP contribution in [-0.2, 0) is 6.54 Å². The number of nitrogens with zero attached hydrogens (tertiary/aromatic N) is 1. The number of halogens is 1. The molecule has 0 aliphatic rings. The van der Waals surface area contributed by atoms with Crippen LogP contribution >= 0.6 is 0 Å². The molecule has 0 saturated heterocycles. The molecular formula is C17H20FN3O. The van der Waals surface area contributed by atoms with Gasteiger partial charge in [0.15, 0.2) is 0 Å². The summed E-state index contributed by atoms with van der Waals surface area (Å²) in [6.45, 7) is 5.28. The summed E-state index contributed by atoms with van der Waals surface area (Å²) >= 11 is 0. The van der Waals surface area contributed by atoms with E-state index in [1.807, 2.05) is 13.8 Å². The number of carbonyl (C=O) groups excluding carboxylic acids is 1. The van der Waals surface area contributed by atoms with Crippen molar-refractivity contribution in [2.45, 2.75) is 20.4 Å². The Labute approximate surface area is 129 Å². The first kappa shape index (κ1) is 15.9. The van der Waals surface area contributed by atoms with Gasteiger partial charge in [-0.15, -0.1) is 0 Å². The number of hydrogen-bond acceptors (Lipinski definition) is 3. The van der Waals surface area contributed by atoms with E-state index < -0.39 is 0 Å². The summed E-state index contributed by atoms with van der Waals surface area (Å²) in [5, 5.41) is 6.00. The number of benzene rings is 1. The molecule has 0 aliphatic carbocycles. The average Bonchev–Trinajstić information content (AvgIpc) is 2.52. The van der Waals surface area contributed by atoms with Crippen LogP contribution in [0.15, 0.2) is 42.6 Å². The van der Waals surface area contributed by atoms with Crippen molar-refractivity contribution in [3.05, 3.63) is 59.7 Å². The third kappa shape index (κ3) is 4.84. The van der Waals surface area contributed by atoms with Crippen LogP contribution < -0.4 is 10.6 Å². The molecule has 0 saturated carbocycles. The Bertz CT molecular complexity index is 609. The molecule has 2 rings (SSSR count). The SMILES string of the molecule is CC(C)CNC(=O)c1ccc(NCc2ccc(F)cc2)cn1. The van der Waals surface area contributed by atoms with Gasteiger partial charge in [-0.25, -0.2) is 9.37 Å². The van der Waals surface area contributed by atoms with Crippen molar-refractivity contribution >= 4 is 11.6 Å². The molecule has 0 aliphatic heterocycles. The smallest absolute Gasteiger partial charge is 0.269 e. The summed E-state index contributed by atoms with van der Waals surface area (Å²) in [6.07, 6.45) is 1.62. The van der Waals surface area contributed by atoms with Gasteiger partial charge in [0, 0.05) is 13.1 Å². The minimum Gasteiger partial charge on any atom is -0.380 e. The third-order valence-corrected chi connectivity index (χ3v) is 3.08. The van der Waals surface area contributed by atoms with Crippen molar-refractivity contribution in [3.8, 4) is 0 Å². The van der Waals surface area contributed by atoms with E-state index in [-0.39, 0.29) is 11.7 Å². The Morgan fingerprint density at radius 2 is 1.91 bits per heavy atom. The number of hydrogen-bond donors (Lipinski definition) is 2. The van der Waals surface area contributed by atoms with E-state index in [1.54, 1.807) is 30.5 Å². The first-order valence-electron chi connectivity index (χ1n) is 7.27.